The molecule has 0 aliphatic carbocycles. The fourth-order valence-corrected chi connectivity index (χ4v) is 3.25. The predicted molar refractivity (Wildman–Crippen MR) is 95.8 cm³/mol. The molecule has 134 valence electrons. The number of carbonyl (C=O) groups excluding carboxylic acids is 1. The number of piperidine rings is 1. The summed E-state index contributed by atoms with van der Waals surface area (Å²) in [5, 5.41) is 13.9. The standard InChI is InChI=1S/C18H26N6O/c1-14(17-22-19-13-23(17)2)20-18(25)21-16-8-10-24(11-9-16)12-15-6-4-3-5-7-15/h3-7,13-14,16H,8-12H2,1-2H3,(H2,20,21,25)/t14-/m0/s1. The summed E-state index contributed by atoms with van der Waals surface area (Å²) in [5.74, 6) is 0.743. The summed E-state index contributed by atoms with van der Waals surface area (Å²) >= 11 is 0. The average molecular weight is 342 g/mol. The average Bonchev–Trinajstić information content (AvgIpc) is 3.04. The van der Waals surface area contributed by atoms with Gasteiger partial charge in [-0.1, -0.05) is 30.3 Å². The minimum absolute atomic E-state index is 0.142. The fraction of sp³-hybridized carbons (Fsp3) is 0.500. The van der Waals surface area contributed by atoms with Crippen LogP contribution in [0.3, 0.4) is 0 Å². The molecule has 0 unspecified atom stereocenters. The Labute approximate surface area is 148 Å². The van der Waals surface area contributed by atoms with Gasteiger partial charge in [0.25, 0.3) is 0 Å². The molecule has 0 bridgehead atoms. The number of hydrogen-bond acceptors (Lipinski definition) is 4. The fourth-order valence-electron chi connectivity index (χ4n) is 3.25. The zero-order valence-electron chi connectivity index (χ0n) is 14.9. The minimum atomic E-state index is -0.175. The van der Waals surface area contributed by atoms with Crippen LogP contribution in [0.25, 0.3) is 0 Å². The Morgan fingerprint density at radius 2 is 2.00 bits per heavy atom. The Hall–Kier alpha value is -2.41. The number of hydrogen-bond donors (Lipinski definition) is 2. The van der Waals surface area contributed by atoms with Crippen molar-refractivity contribution in [1.29, 1.82) is 0 Å². The Bertz CT molecular complexity index is 678. The molecule has 1 fully saturated rings. The molecule has 1 aliphatic heterocycles. The third-order valence-electron chi connectivity index (χ3n) is 4.65. The highest BCUT2D eigenvalue weighted by molar-refractivity contribution is 5.74. The molecular weight excluding hydrogens is 316 g/mol. The van der Waals surface area contributed by atoms with E-state index < -0.39 is 0 Å². The molecule has 3 rings (SSSR count). The number of nitrogens with one attached hydrogen (secondary N) is 2. The van der Waals surface area contributed by atoms with Crippen LogP contribution in [0.1, 0.15) is 37.2 Å². The topological polar surface area (TPSA) is 75.1 Å². The number of carbonyl (C=O) groups is 1. The summed E-state index contributed by atoms with van der Waals surface area (Å²) in [4.78, 5) is 14.6. The molecule has 2 heterocycles. The summed E-state index contributed by atoms with van der Waals surface area (Å²) in [6.45, 7) is 4.88. The van der Waals surface area contributed by atoms with E-state index in [2.05, 4.69) is 50.0 Å². The van der Waals surface area contributed by atoms with Crippen LogP contribution in [0.15, 0.2) is 36.7 Å². The number of rotatable bonds is 5. The third-order valence-corrected chi connectivity index (χ3v) is 4.65. The van der Waals surface area contributed by atoms with Crippen molar-refractivity contribution in [2.24, 2.45) is 7.05 Å². The highest BCUT2D eigenvalue weighted by Gasteiger charge is 2.22. The normalized spacial score (nSPS) is 17.2. The van der Waals surface area contributed by atoms with Gasteiger partial charge in [0.15, 0.2) is 5.82 Å². The van der Waals surface area contributed by atoms with Crippen LogP contribution < -0.4 is 10.6 Å². The predicted octanol–water partition coefficient (Wildman–Crippen LogP) is 1.84. The lowest BCUT2D eigenvalue weighted by Gasteiger charge is -2.32. The number of nitrogens with zero attached hydrogens (tertiary/aromatic N) is 4. The maximum absolute atomic E-state index is 12.2. The van der Waals surface area contributed by atoms with Gasteiger partial charge in [-0.15, -0.1) is 10.2 Å². The molecule has 25 heavy (non-hydrogen) atoms. The highest BCUT2D eigenvalue weighted by Crippen LogP contribution is 2.14. The van der Waals surface area contributed by atoms with Crippen molar-refractivity contribution in [2.45, 2.75) is 38.4 Å². The van der Waals surface area contributed by atoms with Crippen LogP contribution >= 0.6 is 0 Å². The summed E-state index contributed by atoms with van der Waals surface area (Å²) < 4.78 is 1.81. The van der Waals surface area contributed by atoms with E-state index in [9.17, 15) is 4.79 Å². The van der Waals surface area contributed by atoms with Gasteiger partial charge in [0, 0.05) is 32.7 Å². The second-order valence-electron chi connectivity index (χ2n) is 6.68. The van der Waals surface area contributed by atoms with Crippen molar-refractivity contribution in [3.8, 4) is 0 Å². The number of amides is 2. The van der Waals surface area contributed by atoms with Crippen molar-refractivity contribution in [2.75, 3.05) is 13.1 Å². The van der Waals surface area contributed by atoms with E-state index in [-0.39, 0.29) is 18.1 Å². The van der Waals surface area contributed by atoms with E-state index in [0.29, 0.717) is 0 Å². The molecular formula is C18H26N6O. The quantitative estimate of drug-likeness (QED) is 0.869. The van der Waals surface area contributed by atoms with Gasteiger partial charge in [0.1, 0.15) is 6.33 Å². The van der Waals surface area contributed by atoms with Crippen molar-refractivity contribution in [1.82, 2.24) is 30.3 Å². The molecule has 0 saturated carbocycles. The van der Waals surface area contributed by atoms with E-state index in [1.165, 1.54) is 5.56 Å². The lowest BCUT2D eigenvalue weighted by atomic mass is 10.0. The molecule has 1 atom stereocenters. The van der Waals surface area contributed by atoms with Crippen LogP contribution in [-0.4, -0.2) is 44.8 Å². The Balaban J connectivity index is 1.41. The maximum atomic E-state index is 12.2. The van der Waals surface area contributed by atoms with Crippen LogP contribution in [-0.2, 0) is 13.6 Å². The zero-order valence-corrected chi connectivity index (χ0v) is 14.9. The Kier molecular flexibility index (Phi) is 5.65. The second-order valence-corrected chi connectivity index (χ2v) is 6.68. The number of aromatic nitrogens is 3. The first-order chi connectivity index (χ1) is 12.1. The molecule has 0 radical (unpaired) electrons. The number of benzene rings is 1. The lowest BCUT2D eigenvalue weighted by molar-refractivity contribution is 0.185. The van der Waals surface area contributed by atoms with Gasteiger partial charge < -0.3 is 15.2 Å². The van der Waals surface area contributed by atoms with Crippen LogP contribution in [0.5, 0.6) is 0 Å². The van der Waals surface area contributed by atoms with Gasteiger partial charge in [0.2, 0.25) is 0 Å². The first-order valence-corrected chi connectivity index (χ1v) is 8.79. The molecule has 0 spiro atoms. The van der Waals surface area contributed by atoms with Gasteiger partial charge >= 0.3 is 6.03 Å². The summed E-state index contributed by atoms with van der Waals surface area (Å²) in [5.41, 5.74) is 1.34. The van der Waals surface area contributed by atoms with Crippen molar-refractivity contribution in [3.63, 3.8) is 0 Å². The van der Waals surface area contributed by atoms with Crippen LogP contribution in [0.4, 0.5) is 4.79 Å². The van der Waals surface area contributed by atoms with Gasteiger partial charge in [-0.25, -0.2) is 4.79 Å². The third kappa shape index (κ3) is 4.79. The smallest absolute Gasteiger partial charge is 0.315 e. The van der Waals surface area contributed by atoms with Crippen molar-refractivity contribution >= 4 is 6.03 Å². The zero-order chi connectivity index (χ0) is 17.6. The summed E-state index contributed by atoms with van der Waals surface area (Å²) in [6.07, 6.45) is 3.57. The largest absolute Gasteiger partial charge is 0.335 e. The molecule has 1 aromatic heterocycles. The van der Waals surface area contributed by atoms with Crippen LogP contribution in [0, 0.1) is 0 Å². The van der Waals surface area contributed by atoms with E-state index in [1.54, 1.807) is 6.33 Å². The molecule has 7 nitrogen and oxygen atoms in total. The van der Waals surface area contributed by atoms with Crippen LogP contribution in [0.2, 0.25) is 0 Å². The minimum Gasteiger partial charge on any atom is -0.335 e. The number of likely N-dealkylation sites (tertiary alicyclic amines) is 1. The van der Waals surface area contributed by atoms with E-state index >= 15 is 0 Å². The van der Waals surface area contributed by atoms with Gasteiger partial charge in [-0.2, -0.15) is 0 Å². The van der Waals surface area contributed by atoms with Gasteiger partial charge in [-0.3, -0.25) is 4.90 Å². The van der Waals surface area contributed by atoms with Crippen molar-refractivity contribution in [3.05, 3.63) is 48.0 Å². The Morgan fingerprint density at radius 3 is 2.64 bits per heavy atom. The lowest BCUT2D eigenvalue weighted by Crippen LogP contribution is -2.48. The molecule has 2 amide bonds. The first kappa shape index (κ1) is 17.4. The second kappa shape index (κ2) is 8.11. The molecule has 2 aromatic rings. The van der Waals surface area contributed by atoms with E-state index in [1.807, 2.05) is 24.6 Å². The van der Waals surface area contributed by atoms with Gasteiger partial charge in [0.05, 0.1) is 6.04 Å². The number of aryl methyl sites for hydroxylation is 1. The molecule has 1 saturated heterocycles. The molecule has 1 aliphatic rings. The van der Waals surface area contributed by atoms with Gasteiger partial charge in [-0.05, 0) is 25.3 Å². The molecule has 7 heteroatoms. The molecule has 2 N–H and O–H groups in total. The van der Waals surface area contributed by atoms with Crippen molar-refractivity contribution < 1.29 is 4.79 Å². The SMILES string of the molecule is C[C@H](NC(=O)NC1CCN(Cc2ccccc2)CC1)c1nncn1C. The monoisotopic (exact) mass is 342 g/mol. The molecule has 1 aromatic carbocycles. The van der Waals surface area contributed by atoms with E-state index in [0.717, 1.165) is 38.3 Å². The highest BCUT2D eigenvalue weighted by atomic mass is 16.2. The first-order valence-electron chi connectivity index (χ1n) is 8.79. The Morgan fingerprint density at radius 1 is 1.28 bits per heavy atom. The maximum Gasteiger partial charge on any atom is 0.315 e. The summed E-state index contributed by atoms with van der Waals surface area (Å²) in [6, 6.07) is 10.4. The summed E-state index contributed by atoms with van der Waals surface area (Å²) in [7, 11) is 1.87. The van der Waals surface area contributed by atoms with E-state index in [4.69, 9.17) is 0 Å². The number of urea groups is 1.